The quantitative estimate of drug-likeness (QED) is 0.751. The highest BCUT2D eigenvalue weighted by Gasteiger charge is 2.16. The van der Waals surface area contributed by atoms with Gasteiger partial charge in [0.15, 0.2) is 0 Å². The largest absolute Gasteiger partial charge is 0.352 e. The number of benzene rings is 2. The predicted molar refractivity (Wildman–Crippen MR) is 113 cm³/mol. The molecule has 1 amide bonds. The third-order valence-corrected chi connectivity index (χ3v) is 5.97. The van der Waals surface area contributed by atoms with Crippen molar-refractivity contribution in [3.63, 3.8) is 0 Å². The number of carbonyl (C=O) groups is 1. The fraction of sp³-hybridized carbons (Fsp3) is 0.458. The van der Waals surface area contributed by atoms with Crippen LogP contribution in [0, 0.1) is 0 Å². The molecule has 1 N–H and O–H groups in total. The van der Waals surface area contributed by atoms with Crippen LogP contribution in [0.1, 0.15) is 46.3 Å². The molecular formula is C24H31N3O. The van der Waals surface area contributed by atoms with Gasteiger partial charge in [-0.25, -0.2) is 0 Å². The number of rotatable bonds is 7. The molecule has 0 spiro atoms. The molecule has 4 heteroatoms. The highest BCUT2D eigenvalue weighted by atomic mass is 16.1. The summed E-state index contributed by atoms with van der Waals surface area (Å²) in [7, 11) is 0. The van der Waals surface area contributed by atoms with Gasteiger partial charge in [0.05, 0.1) is 0 Å². The van der Waals surface area contributed by atoms with E-state index in [2.05, 4.69) is 51.5 Å². The lowest BCUT2D eigenvalue weighted by Crippen LogP contribution is -2.30. The molecule has 2 heterocycles. The fourth-order valence-electron chi connectivity index (χ4n) is 4.32. The molecule has 0 aromatic heterocycles. The summed E-state index contributed by atoms with van der Waals surface area (Å²) in [4.78, 5) is 17.3. The Balaban J connectivity index is 1.23. The highest BCUT2D eigenvalue weighted by molar-refractivity contribution is 5.94. The van der Waals surface area contributed by atoms with Crippen molar-refractivity contribution < 1.29 is 4.79 Å². The molecule has 0 unspecified atom stereocenters. The molecule has 2 aliphatic rings. The number of amides is 1. The number of nitrogens with one attached hydrogen (secondary N) is 1. The fourth-order valence-corrected chi connectivity index (χ4v) is 4.32. The molecule has 0 saturated carbocycles. The van der Waals surface area contributed by atoms with E-state index in [0.717, 1.165) is 51.1 Å². The Morgan fingerprint density at radius 1 is 0.893 bits per heavy atom. The second kappa shape index (κ2) is 9.35. The number of fused-ring (bicyclic) bond motifs is 1. The number of hydrogen-bond acceptors (Lipinski definition) is 3. The lowest BCUT2D eigenvalue weighted by Gasteiger charge is -2.28. The molecule has 28 heavy (non-hydrogen) atoms. The van der Waals surface area contributed by atoms with E-state index in [1.54, 1.807) is 0 Å². The maximum absolute atomic E-state index is 12.3. The first-order valence-corrected chi connectivity index (χ1v) is 10.7. The number of likely N-dealkylation sites (tertiary alicyclic amines) is 1. The summed E-state index contributed by atoms with van der Waals surface area (Å²) in [6, 6.07) is 16.8. The highest BCUT2D eigenvalue weighted by Crippen LogP contribution is 2.20. The molecule has 1 fully saturated rings. The average molecular weight is 378 g/mol. The van der Waals surface area contributed by atoms with Gasteiger partial charge in [-0.15, -0.1) is 0 Å². The van der Waals surface area contributed by atoms with E-state index < -0.39 is 0 Å². The standard InChI is InChI=1S/C24H31N3O/c28-24(25-13-5-16-26-14-3-4-15-26)22-10-8-20(9-11-22)18-27-17-12-21-6-1-2-7-23(21)19-27/h1-2,6-11H,3-5,12-19H2,(H,25,28). The van der Waals surface area contributed by atoms with Gasteiger partial charge >= 0.3 is 0 Å². The summed E-state index contributed by atoms with van der Waals surface area (Å²) in [6.45, 7) is 7.33. The summed E-state index contributed by atoms with van der Waals surface area (Å²) in [5.74, 6) is 0.0415. The smallest absolute Gasteiger partial charge is 0.251 e. The summed E-state index contributed by atoms with van der Waals surface area (Å²) in [5, 5.41) is 3.06. The van der Waals surface area contributed by atoms with Crippen LogP contribution in [0.3, 0.4) is 0 Å². The Hall–Kier alpha value is -2.17. The summed E-state index contributed by atoms with van der Waals surface area (Å²) >= 11 is 0. The van der Waals surface area contributed by atoms with Gasteiger partial charge in [0.2, 0.25) is 0 Å². The lowest BCUT2D eigenvalue weighted by atomic mass is 9.99. The molecule has 148 valence electrons. The van der Waals surface area contributed by atoms with E-state index in [0.29, 0.717) is 0 Å². The molecule has 2 aromatic carbocycles. The first-order valence-electron chi connectivity index (χ1n) is 10.7. The minimum absolute atomic E-state index is 0.0415. The third-order valence-electron chi connectivity index (χ3n) is 5.97. The Kier molecular flexibility index (Phi) is 6.40. The van der Waals surface area contributed by atoms with Gasteiger partial charge in [-0.3, -0.25) is 9.69 Å². The van der Waals surface area contributed by atoms with E-state index in [4.69, 9.17) is 0 Å². The normalized spacial score (nSPS) is 17.4. The molecule has 2 aromatic rings. The van der Waals surface area contributed by atoms with Crippen LogP contribution in [0.5, 0.6) is 0 Å². The minimum Gasteiger partial charge on any atom is -0.352 e. The zero-order chi connectivity index (χ0) is 19.2. The summed E-state index contributed by atoms with van der Waals surface area (Å²) in [6.07, 6.45) is 4.79. The van der Waals surface area contributed by atoms with E-state index >= 15 is 0 Å². The maximum atomic E-state index is 12.3. The Morgan fingerprint density at radius 2 is 1.64 bits per heavy atom. The van der Waals surface area contributed by atoms with Crippen LogP contribution < -0.4 is 5.32 Å². The lowest BCUT2D eigenvalue weighted by molar-refractivity contribution is 0.0952. The minimum atomic E-state index is 0.0415. The van der Waals surface area contributed by atoms with Crippen LogP contribution in [0.4, 0.5) is 0 Å². The van der Waals surface area contributed by atoms with Crippen molar-refractivity contribution in [3.05, 3.63) is 70.8 Å². The van der Waals surface area contributed by atoms with Crippen molar-refractivity contribution in [1.29, 1.82) is 0 Å². The van der Waals surface area contributed by atoms with E-state index in [9.17, 15) is 4.79 Å². The molecule has 4 rings (SSSR count). The Morgan fingerprint density at radius 3 is 2.43 bits per heavy atom. The second-order valence-corrected chi connectivity index (χ2v) is 8.08. The van der Waals surface area contributed by atoms with Gasteiger partial charge in [-0.2, -0.15) is 0 Å². The number of carbonyl (C=O) groups excluding carboxylic acids is 1. The zero-order valence-corrected chi connectivity index (χ0v) is 16.7. The van der Waals surface area contributed by atoms with E-state index in [1.807, 2.05) is 12.1 Å². The molecule has 4 nitrogen and oxygen atoms in total. The SMILES string of the molecule is O=C(NCCCN1CCCC1)c1ccc(CN2CCc3ccccc3C2)cc1. The predicted octanol–water partition coefficient (Wildman–Crippen LogP) is 3.46. The third kappa shape index (κ3) is 5.00. The van der Waals surface area contributed by atoms with Gasteiger partial charge in [0.1, 0.15) is 0 Å². The van der Waals surface area contributed by atoms with Gasteiger partial charge in [0.25, 0.3) is 5.91 Å². The summed E-state index contributed by atoms with van der Waals surface area (Å²) < 4.78 is 0. The van der Waals surface area contributed by atoms with Crippen molar-refractivity contribution in [3.8, 4) is 0 Å². The maximum Gasteiger partial charge on any atom is 0.251 e. The van der Waals surface area contributed by atoms with E-state index in [-0.39, 0.29) is 5.91 Å². The van der Waals surface area contributed by atoms with Crippen LogP contribution >= 0.6 is 0 Å². The van der Waals surface area contributed by atoms with Crippen molar-refractivity contribution in [2.45, 2.75) is 38.8 Å². The second-order valence-electron chi connectivity index (χ2n) is 8.08. The van der Waals surface area contributed by atoms with Crippen molar-refractivity contribution in [2.24, 2.45) is 0 Å². The number of hydrogen-bond donors (Lipinski definition) is 1. The van der Waals surface area contributed by atoms with Crippen LogP contribution in [0.15, 0.2) is 48.5 Å². The number of nitrogens with zero attached hydrogens (tertiary/aromatic N) is 2. The monoisotopic (exact) mass is 377 g/mol. The van der Waals surface area contributed by atoms with Crippen LogP contribution in [0.25, 0.3) is 0 Å². The Labute approximate surface area is 168 Å². The van der Waals surface area contributed by atoms with Crippen LogP contribution in [-0.4, -0.2) is 48.4 Å². The summed E-state index contributed by atoms with van der Waals surface area (Å²) in [5.41, 5.74) is 4.95. The molecule has 0 atom stereocenters. The van der Waals surface area contributed by atoms with Crippen LogP contribution in [0.2, 0.25) is 0 Å². The zero-order valence-electron chi connectivity index (χ0n) is 16.7. The molecule has 0 radical (unpaired) electrons. The van der Waals surface area contributed by atoms with Gasteiger partial charge < -0.3 is 10.2 Å². The first kappa shape index (κ1) is 19.2. The molecule has 2 aliphatic heterocycles. The van der Waals surface area contributed by atoms with Crippen molar-refractivity contribution in [2.75, 3.05) is 32.7 Å². The van der Waals surface area contributed by atoms with E-state index in [1.165, 1.54) is 42.6 Å². The van der Waals surface area contributed by atoms with Crippen LogP contribution in [-0.2, 0) is 19.5 Å². The van der Waals surface area contributed by atoms with Gasteiger partial charge in [-0.1, -0.05) is 36.4 Å². The van der Waals surface area contributed by atoms with Crippen molar-refractivity contribution in [1.82, 2.24) is 15.1 Å². The molecule has 0 bridgehead atoms. The molecular weight excluding hydrogens is 346 g/mol. The Bertz CT molecular complexity index is 781. The van der Waals surface area contributed by atoms with Gasteiger partial charge in [-0.05, 0) is 74.1 Å². The molecule has 1 saturated heterocycles. The topological polar surface area (TPSA) is 35.6 Å². The first-order chi connectivity index (χ1) is 13.8. The van der Waals surface area contributed by atoms with Crippen molar-refractivity contribution >= 4 is 5.91 Å². The van der Waals surface area contributed by atoms with Gasteiger partial charge in [0, 0.05) is 31.7 Å². The average Bonchev–Trinajstić information content (AvgIpc) is 3.25. The molecule has 0 aliphatic carbocycles.